The van der Waals surface area contributed by atoms with E-state index >= 15 is 0 Å². The van der Waals surface area contributed by atoms with Gasteiger partial charge in [0, 0.05) is 11.8 Å². The van der Waals surface area contributed by atoms with Gasteiger partial charge in [-0.2, -0.15) is 0 Å². The Morgan fingerprint density at radius 2 is 2.23 bits per heavy atom. The molecule has 0 unspecified atom stereocenters. The van der Waals surface area contributed by atoms with Crippen LogP contribution in [0.15, 0.2) is 12.4 Å². The second kappa shape index (κ2) is 2.78. The summed E-state index contributed by atoms with van der Waals surface area (Å²) in [6.07, 6.45) is 2.65. The van der Waals surface area contributed by atoms with Gasteiger partial charge in [0.25, 0.3) is 0 Å². The normalized spacial score (nSPS) is 19.5. The lowest BCUT2D eigenvalue weighted by atomic mass is 9.81. The van der Waals surface area contributed by atoms with Gasteiger partial charge >= 0.3 is 0 Å². The summed E-state index contributed by atoms with van der Waals surface area (Å²) in [7, 11) is 1.72. The first kappa shape index (κ1) is 8.65. The van der Waals surface area contributed by atoms with Crippen molar-refractivity contribution in [1.82, 2.24) is 4.98 Å². The molecule has 3 nitrogen and oxygen atoms in total. The molecule has 1 fully saturated rings. The van der Waals surface area contributed by atoms with Crippen LogP contribution in [0.25, 0.3) is 0 Å². The van der Waals surface area contributed by atoms with Gasteiger partial charge in [-0.1, -0.05) is 5.46 Å². The summed E-state index contributed by atoms with van der Waals surface area (Å²) in [6, 6.07) is 0. The van der Waals surface area contributed by atoms with Crippen LogP contribution in [-0.2, 0) is 10.3 Å². The Bertz CT molecular complexity index is 321. The van der Waals surface area contributed by atoms with Gasteiger partial charge in [0.2, 0.25) is 0 Å². The molecule has 5 heteroatoms. The Hall–Kier alpha value is -0.935. The van der Waals surface area contributed by atoms with Crippen LogP contribution >= 0.6 is 0 Å². The van der Waals surface area contributed by atoms with Gasteiger partial charge in [-0.3, -0.25) is 4.98 Å². The standard InChI is InChI=1S/C8H9BFNO2/c9-5-1-11-2-6(10)7(5)8(12)3-13-4-8/h1-2,12H,3-4,9H2. The Kier molecular flexibility index (Phi) is 1.85. The molecule has 13 heavy (non-hydrogen) atoms. The van der Waals surface area contributed by atoms with Gasteiger partial charge in [0.05, 0.1) is 19.4 Å². The van der Waals surface area contributed by atoms with Gasteiger partial charge < -0.3 is 9.84 Å². The number of aliphatic hydroxyl groups is 1. The molecule has 0 spiro atoms. The fourth-order valence-corrected chi connectivity index (χ4v) is 1.56. The van der Waals surface area contributed by atoms with Crippen molar-refractivity contribution < 1.29 is 14.2 Å². The lowest BCUT2D eigenvalue weighted by molar-refractivity contribution is -0.185. The summed E-state index contributed by atoms with van der Waals surface area (Å²) in [5.74, 6) is -0.467. The number of ether oxygens (including phenoxy) is 1. The van der Waals surface area contributed by atoms with Gasteiger partial charge in [-0.25, -0.2) is 4.39 Å². The molecule has 0 amide bonds. The van der Waals surface area contributed by atoms with Crippen molar-refractivity contribution in [3.63, 3.8) is 0 Å². The molecule has 1 N–H and O–H groups in total. The predicted octanol–water partition coefficient (Wildman–Crippen LogP) is -1.30. The average molecular weight is 181 g/mol. The van der Waals surface area contributed by atoms with Crippen LogP contribution in [0.1, 0.15) is 5.56 Å². The zero-order valence-electron chi connectivity index (χ0n) is 7.25. The summed E-state index contributed by atoms with van der Waals surface area (Å²) in [5.41, 5.74) is -0.170. The molecule has 0 aliphatic carbocycles. The van der Waals surface area contributed by atoms with E-state index in [1.165, 1.54) is 6.20 Å². The minimum Gasteiger partial charge on any atom is -0.380 e. The maximum atomic E-state index is 13.3. The summed E-state index contributed by atoms with van der Waals surface area (Å²) in [6.45, 7) is 0.323. The van der Waals surface area contributed by atoms with Crippen molar-refractivity contribution in [2.45, 2.75) is 5.60 Å². The third-order valence-corrected chi connectivity index (χ3v) is 2.24. The molecule has 68 valence electrons. The van der Waals surface area contributed by atoms with Crippen molar-refractivity contribution in [1.29, 1.82) is 0 Å². The monoisotopic (exact) mass is 181 g/mol. The Morgan fingerprint density at radius 1 is 1.54 bits per heavy atom. The lowest BCUT2D eigenvalue weighted by Crippen LogP contribution is -2.50. The number of hydrogen-bond acceptors (Lipinski definition) is 3. The maximum absolute atomic E-state index is 13.3. The molecule has 1 aliphatic heterocycles. The van der Waals surface area contributed by atoms with Crippen molar-refractivity contribution in [3.05, 3.63) is 23.8 Å². The Balaban J connectivity index is 2.49. The number of nitrogens with zero attached hydrogens (tertiary/aromatic N) is 1. The molecule has 0 radical (unpaired) electrons. The highest BCUT2D eigenvalue weighted by Crippen LogP contribution is 2.29. The quantitative estimate of drug-likeness (QED) is 0.547. The predicted molar refractivity (Wildman–Crippen MR) is 47.1 cm³/mol. The average Bonchev–Trinajstić information content (AvgIpc) is 2.01. The fourth-order valence-electron chi connectivity index (χ4n) is 1.56. The highest BCUT2D eigenvalue weighted by molar-refractivity contribution is 6.33. The largest absolute Gasteiger partial charge is 0.380 e. The molecule has 1 aromatic heterocycles. The van der Waals surface area contributed by atoms with E-state index in [9.17, 15) is 9.50 Å². The van der Waals surface area contributed by atoms with Gasteiger partial charge in [-0.15, -0.1) is 0 Å². The van der Waals surface area contributed by atoms with E-state index < -0.39 is 11.4 Å². The van der Waals surface area contributed by atoms with E-state index in [4.69, 9.17) is 4.74 Å². The summed E-state index contributed by atoms with van der Waals surface area (Å²) < 4.78 is 18.2. The zero-order chi connectivity index (χ0) is 9.47. The summed E-state index contributed by atoms with van der Waals surface area (Å²) in [4.78, 5) is 3.69. The molecule has 0 atom stereocenters. The molecule has 1 saturated heterocycles. The first-order valence-electron chi connectivity index (χ1n) is 4.04. The van der Waals surface area contributed by atoms with E-state index in [1.807, 2.05) is 0 Å². The highest BCUT2D eigenvalue weighted by atomic mass is 19.1. The smallest absolute Gasteiger partial charge is 0.147 e. The minimum atomic E-state index is -1.14. The van der Waals surface area contributed by atoms with Crippen LogP contribution in [0.4, 0.5) is 4.39 Å². The molecule has 1 aromatic rings. The highest BCUT2D eigenvalue weighted by Gasteiger charge is 2.41. The van der Waals surface area contributed by atoms with Crippen molar-refractivity contribution >= 4 is 13.3 Å². The number of aromatic nitrogens is 1. The molecule has 0 saturated carbocycles. The van der Waals surface area contributed by atoms with Gasteiger partial charge in [0.1, 0.15) is 19.3 Å². The van der Waals surface area contributed by atoms with Crippen molar-refractivity contribution in [2.75, 3.05) is 13.2 Å². The SMILES string of the molecule is Bc1cncc(F)c1C1(O)COC1. The molecular formula is C8H9BFNO2. The number of hydrogen-bond donors (Lipinski definition) is 1. The molecule has 2 rings (SSSR count). The van der Waals surface area contributed by atoms with Crippen LogP contribution < -0.4 is 5.46 Å². The minimum absolute atomic E-state index is 0.161. The fraction of sp³-hybridized carbons (Fsp3) is 0.375. The van der Waals surface area contributed by atoms with E-state index in [0.29, 0.717) is 11.0 Å². The van der Waals surface area contributed by atoms with Crippen LogP contribution in [0.3, 0.4) is 0 Å². The molecule has 1 aliphatic rings. The summed E-state index contributed by atoms with van der Waals surface area (Å²) in [5, 5.41) is 9.85. The summed E-state index contributed by atoms with van der Waals surface area (Å²) >= 11 is 0. The Labute approximate surface area is 76.0 Å². The molecule has 2 heterocycles. The van der Waals surface area contributed by atoms with Crippen LogP contribution in [0.5, 0.6) is 0 Å². The zero-order valence-corrected chi connectivity index (χ0v) is 7.25. The third kappa shape index (κ3) is 1.24. The molecular weight excluding hydrogens is 172 g/mol. The maximum Gasteiger partial charge on any atom is 0.147 e. The van der Waals surface area contributed by atoms with E-state index in [-0.39, 0.29) is 13.2 Å². The Morgan fingerprint density at radius 3 is 2.69 bits per heavy atom. The molecule has 0 bridgehead atoms. The second-order valence-electron chi connectivity index (χ2n) is 3.34. The first-order valence-corrected chi connectivity index (χ1v) is 4.04. The van der Waals surface area contributed by atoms with Crippen molar-refractivity contribution in [2.24, 2.45) is 0 Å². The van der Waals surface area contributed by atoms with Gasteiger partial charge in [-0.05, 0) is 0 Å². The lowest BCUT2D eigenvalue weighted by Gasteiger charge is -2.37. The van der Waals surface area contributed by atoms with E-state index in [1.54, 1.807) is 7.85 Å². The van der Waals surface area contributed by atoms with Crippen LogP contribution in [0, 0.1) is 5.82 Å². The third-order valence-electron chi connectivity index (χ3n) is 2.24. The number of pyridine rings is 1. The van der Waals surface area contributed by atoms with Gasteiger partial charge in [0.15, 0.2) is 0 Å². The topological polar surface area (TPSA) is 42.4 Å². The van der Waals surface area contributed by atoms with E-state index in [0.717, 1.165) is 6.20 Å². The number of halogens is 1. The van der Waals surface area contributed by atoms with E-state index in [2.05, 4.69) is 4.98 Å². The number of rotatable bonds is 1. The first-order chi connectivity index (χ1) is 6.13. The van der Waals surface area contributed by atoms with Crippen molar-refractivity contribution in [3.8, 4) is 0 Å². The van der Waals surface area contributed by atoms with Crippen LogP contribution in [0.2, 0.25) is 0 Å². The second-order valence-corrected chi connectivity index (χ2v) is 3.34. The van der Waals surface area contributed by atoms with Crippen LogP contribution in [-0.4, -0.2) is 31.2 Å². The molecule has 0 aromatic carbocycles.